The zero-order valence-corrected chi connectivity index (χ0v) is 15.0. The molecular weight excluding hydrogens is 354 g/mol. The van der Waals surface area contributed by atoms with Crippen LogP contribution >= 0.6 is 0 Å². The van der Waals surface area contributed by atoms with Crippen LogP contribution in [0.3, 0.4) is 0 Å². The second-order valence-electron chi connectivity index (χ2n) is 6.26. The number of hydrogen-bond donors (Lipinski definition) is 0. The molecule has 0 bridgehead atoms. The van der Waals surface area contributed by atoms with Crippen LogP contribution in [0.2, 0.25) is 0 Å². The summed E-state index contributed by atoms with van der Waals surface area (Å²) < 4.78 is 32.5. The van der Waals surface area contributed by atoms with Gasteiger partial charge < -0.3 is 14.5 Å². The molecule has 1 fully saturated rings. The van der Waals surface area contributed by atoms with Crippen molar-refractivity contribution in [1.82, 2.24) is 9.80 Å². The van der Waals surface area contributed by atoms with E-state index in [2.05, 4.69) is 0 Å². The van der Waals surface area contributed by atoms with Gasteiger partial charge in [0, 0.05) is 26.2 Å². The van der Waals surface area contributed by atoms with E-state index in [1.54, 1.807) is 29.2 Å². The first-order valence-electron chi connectivity index (χ1n) is 8.68. The predicted molar refractivity (Wildman–Crippen MR) is 95.8 cm³/mol. The maximum Gasteiger partial charge on any atom is 0.257 e. The summed E-state index contributed by atoms with van der Waals surface area (Å²) in [4.78, 5) is 28.5. The topological polar surface area (TPSA) is 49.9 Å². The number of nitrogens with zero attached hydrogens (tertiary/aromatic N) is 2. The Kier molecular flexibility index (Phi) is 5.69. The number of carbonyl (C=O) groups is 2. The molecule has 1 heterocycles. The van der Waals surface area contributed by atoms with Crippen molar-refractivity contribution >= 4 is 11.8 Å². The number of methoxy groups -OCH3 is 1. The largest absolute Gasteiger partial charge is 0.496 e. The fraction of sp³-hybridized carbons (Fsp3) is 0.300. The van der Waals surface area contributed by atoms with Crippen LogP contribution in [0.4, 0.5) is 8.78 Å². The standard InChI is InChI=1S/C20H20F2N2O3/c1-27-18-6-3-2-5-15(18)19(25)23-9-4-10-24(12-11-23)20(26)16-13-14(21)7-8-17(16)22/h2-3,5-8,13H,4,9-12H2,1H3. The Morgan fingerprint density at radius 3 is 2.19 bits per heavy atom. The maximum absolute atomic E-state index is 13.9. The molecule has 5 nitrogen and oxygen atoms in total. The molecule has 0 N–H and O–H groups in total. The van der Waals surface area contributed by atoms with Crippen LogP contribution in [0.5, 0.6) is 5.75 Å². The summed E-state index contributed by atoms with van der Waals surface area (Å²) in [6.45, 7) is 1.38. The third kappa shape index (κ3) is 4.07. The Balaban J connectivity index is 1.73. The zero-order valence-electron chi connectivity index (χ0n) is 15.0. The molecule has 1 saturated heterocycles. The molecule has 2 aromatic carbocycles. The highest BCUT2D eigenvalue weighted by atomic mass is 19.1. The molecule has 1 aliphatic heterocycles. The van der Waals surface area contributed by atoms with Crippen LogP contribution in [0.15, 0.2) is 42.5 Å². The van der Waals surface area contributed by atoms with Gasteiger partial charge in [-0.1, -0.05) is 12.1 Å². The summed E-state index contributed by atoms with van der Waals surface area (Å²) >= 11 is 0. The number of ether oxygens (including phenoxy) is 1. The normalized spacial score (nSPS) is 14.6. The van der Waals surface area contributed by atoms with E-state index < -0.39 is 17.5 Å². The summed E-state index contributed by atoms with van der Waals surface area (Å²) in [5.41, 5.74) is 0.162. The van der Waals surface area contributed by atoms with E-state index in [0.717, 1.165) is 18.2 Å². The molecule has 0 spiro atoms. The van der Waals surface area contributed by atoms with Crippen LogP contribution in [0, 0.1) is 11.6 Å². The number of rotatable bonds is 3. The third-order valence-electron chi connectivity index (χ3n) is 4.57. The second kappa shape index (κ2) is 8.16. The molecule has 2 amide bonds. The van der Waals surface area contributed by atoms with Gasteiger partial charge in [-0.15, -0.1) is 0 Å². The van der Waals surface area contributed by atoms with E-state index >= 15 is 0 Å². The molecule has 27 heavy (non-hydrogen) atoms. The highest BCUT2D eigenvalue weighted by molar-refractivity contribution is 5.97. The molecule has 0 radical (unpaired) electrons. The molecule has 0 unspecified atom stereocenters. The highest BCUT2D eigenvalue weighted by Gasteiger charge is 2.26. The van der Waals surface area contributed by atoms with Crippen molar-refractivity contribution in [1.29, 1.82) is 0 Å². The van der Waals surface area contributed by atoms with Gasteiger partial charge in [-0.05, 0) is 36.8 Å². The van der Waals surface area contributed by atoms with Crippen LogP contribution < -0.4 is 4.74 Å². The van der Waals surface area contributed by atoms with Crippen molar-refractivity contribution in [3.63, 3.8) is 0 Å². The Labute approximate surface area is 156 Å². The molecule has 3 rings (SSSR count). The number of halogens is 2. The number of amides is 2. The molecule has 142 valence electrons. The summed E-state index contributed by atoms with van der Waals surface area (Å²) in [7, 11) is 1.50. The first kappa shape index (κ1) is 18.8. The highest BCUT2D eigenvalue weighted by Crippen LogP contribution is 2.21. The van der Waals surface area contributed by atoms with E-state index in [1.165, 1.54) is 12.0 Å². The SMILES string of the molecule is COc1ccccc1C(=O)N1CCCN(C(=O)c2cc(F)ccc2F)CC1. The Morgan fingerprint density at radius 1 is 0.889 bits per heavy atom. The van der Waals surface area contributed by atoms with Crippen LogP contribution in [0.1, 0.15) is 27.1 Å². The predicted octanol–water partition coefficient (Wildman–Crippen LogP) is 2.96. The van der Waals surface area contributed by atoms with E-state index in [4.69, 9.17) is 4.74 Å². The number of carbonyl (C=O) groups excluding carboxylic acids is 2. The van der Waals surface area contributed by atoms with Crippen LogP contribution in [-0.4, -0.2) is 54.9 Å². The van der Waals surface area contributed by atoms with E-state index in [-0.39, 0.29) is 18.0 Å². The van der Waals surface area contributed by atoms with Gasteiger partial charge >= 0.3 is 0 Å². The summed E-state index contributed by atoms with van der Waals surface area (Å²) in [6.07, 6.45) is 0.545. The van der Waals surface area contributed by atoms with Crippen molar-refractivity contribution in [3.8, 4) is 5.75 Å². The molecule has 0 saturated carbocycles. The lowest BCUT2D eigenvalue weighted by Gasteiger charge is -2.23. The first-order valence-corrected chi connectivity index (χ1v) is 8.68. The molecule has 0 atom stereocenters. The lowest BCUT2D eigenvalue weighted by atomic mass is 10.1. The summed E-state index contributed by atoms with van der Waals surface area (Å²) in [5.74, 6) is -1.69. The van der Waals surface area contributed by atoms with Crippen molar-refractivity contribution in [2.75, 3.05) is 33.3 Å². The van der Waals surface area contributed by atoms with Gasteiger partial charge in [0.1, 0.15) is 17.4 Å². The lowest BCUT2D eigenvalue weighted by Crippen LogP contribution is -2.37. The minimum Gasteiger partial charge on any atom is -0.496 e. The minimum atomic E-state index is -0.757. The van der Waals surface area contributed by atoms with Gasteiger partial charge in [0.15, 0.2) is 0 Å². The second-order valence-corrected chi connectivity index (χ2v) is 6.26. The fourth-order valence-corrected chi connectivity index (χ4v) is 3.15. The van der Waals surface area contributed by atoms with Gasteiger partial charge in [0.2, 0.25) is 0 Å². The number of benzene rings is 2. The van der Waals surface area contributed by atoms with Crippen LogP contribution in [-0.2, 0) is 0 Å². The minimum absolute atomic E-state index is 0.182. The van der Waals surface area contributed by atoms with E-state index in [1.807, 2.05) is 0 Å². The summed E-state index contributed by atoms with van der Waals surface area (Å²) in [5, 5.41) is 0. The van der Waals surface area contributed by atoms with Gasteiger partial charge in [-0.25, -0.2) is 8.78 Å². The number of hydrogen-bond acceptors (Lipinski definition) is 3. The first-order chi connectivity index (χ1) is 13.0. The Hall–Kier alpha value is -2.96. The van der Waals surface area contributed by atoms with Gasteiger partial charge in [0.05, 0.1) is 18.2 Å². The molecule has 0 aliphatic carbocycles. The lowest BCUT2D eigenvalue weighted by molar-refractivity contribution is 0.0714. The zero-order chi connectivity index (χ0) is 19.4. The molecule has 0 aromatic heterocycles. The van der Waals surface area contributed by atoms with Crippen molar-refractivity contribution in [3.05, 3.63) is 65.2 Å². The van der Waals surface area contributed by atoms with Crippen molar-refractivity contribution in [2.45, 2.75) is 6.42 Å². The maximum atomic E-state index is 13.9. The van der Waals surface area contributed by atoms with Crippen molar-refractivity contribution in [2.24, 2.45) is 0 Å². The van der Waals surface area contributed by atoms with E-state index in [0.29, 0.717) is 37.4 Å². The van der Waals surface area contributed by atoms with Gasteiger partial charge in [0.25, 0.3) is 11.8 Å². The smallest absolute Gasteiger partial charge is 0.257 e. The van der Waals surface area contributed by atoms with Crippen molar-refractivity contribution < 1.29 is 23.1 Å². The summed E-state index contributed by atoms with van der Waals surface area (Å²) in [6, 6.07) is 9.77. The average molecular weight is 374 g/mol. The molecule has 1 aliphatic rings. The van der Waals surface area contributed by atoms with Crippen LogP contribution in [0.25, 0.3) is 0 Å². The molecule has 2 aromatic rings. The quantitative estimate of drug-likeness (QED) is 0.830. The Morgan fingerprint density at radius 2 is 1.52 bits per heavy atom. The number of para-hydroxylation sites is 1. The fourth-order valence-electron chi connectivity index (χ4n) is 3.15. The molecule has 7 heteroatoms. The van der Waals surface area contributed by atoms with E-state index in [9.17, 15) is 18.4 Å². The molecular formula is C20H20F2N2O3. The van der Waals surface area contributed by atoms with Gasteiger partial charge in [-0.3, -0.25) is 9.59 Å². The monoisotopic (exact) mass is 374 g/mol. The third-order valence-corrected chi connectivity index (χ3v) is 4.57. The average Bonchev–Trinajstić information content (AvgIpc) is 2.95. The Bertz CT molecular complexity index is 857. The van der Waals surface area contributed by atoms with Gasteiger partial charge in [-0.2, -0.15) is 0 Å².